The second kappa shape index (κ2) is 6.65. The van der Waals surface area contributed by atoms with Crippen LogP contribution >= 0.6 is 11.6 Å². The number of aryl methyl sites for hydroxylation is 1. The van der Waals surface area contributed by atoms with Crippen LogP contribution in [0.25, 0.3) is 6.08 Å². The Labute approximate surface area is 144 Å². The standard InChI is InChI=1S/C18H13ClN2O3/c1-11-6-16-17(24-10-23-16)8-12(11)7-13(9-20)18(22)21-15-4-2-14(19)3-5-15/h2-8H,10H2,1H3,(H,21,22)/b13-7+. The summed E-state index contributed by atoms with van der Waals surface area (Å²) in [6.45, 7) is 2.05. The van der Waals surface area contributed by atoms with Crippen LogP contribution in [0.3, 0.4) is 0 Å². The maximum atomic E-state index is 12.3. The van der Waals surface area contributed by atoms with Gasteiger partial charge in [-0.05, 0) is 60.5 Å². The molecular weight excluding hydrogens is 328 g/mol. The van der Waals surface area contributed by atoms with Crippen LogP contribution in [-0.2, 0) is 4.79 Å². The molecule has 1 N–H and O–H groups in total. The van der Waals surface area contributed by atoms with Crippen LogP contribution in [-0.4, -0.2) is 12.7 Å². The van der Waals surface area contributed by atoms with Crippen LogP contribution < -0.4 is 14.8 Å². The Morgan fingerprint density at radius 2 is 1.92 bits per heavy atom. The summed E-state index contributed by atoms with van der Waals surface area (Å²) in [7, 11) is 0. The van der Waals surface area contributed by atoms with Gasteiger partial charge in [0.05, 0.1) is 0 Å². The summed E-state index contributed by atoms with van der Waals surface area (Å²) in [6, 6.07) is 12.2. The highest BCUT2D eigenvalue weighted by molar-refractivity contribution is 6.30. The average molecular weight is 341 g/mol. The average Bonchev–Trinajstić information content (AvgIpc) is 3.01. The normalized spacial score (nSPS) is 12.6. The molecule has 0 unspecified atom stereocenters. The summed E-state index contributed by atoms with van der Waals surface area (Å²) >= 11 is 5.81. The Morgan fingerprint density at radius 3 is 2.58 bits per heavy atom. The Balaban J connectivity index is 1.85. The van der Waals surface area contributed by atoms with E-state index in [1.807, 2.05) is 19.1 Å². The molecule has 6 heteroatoms. The number of anilines is 1. The SMILES string of the molecule is Cc1cc2c(cc1/C=C(\C#N)C(=O)Nc1ccc(Cl)cc1)OCO2. The van der Waals surface area contributed by atoms with Crippen molar-refractivity contribution >= 4 is 29.3 Å². The van der Waals surface area contributed by atoms with Crippen LogP contribution in [0.15, 0.2) is 42.0 Å². The highest BCUT2D eigenvalue weighted by Gasteiger charge is 2.16. The number of ether oxygens (including phenoxy) is 2. The van der Waals surface area contributed by atoms with Crippen LogP contribution in [0.2, 0.25) is 5.02 Å². The second-order valence-corrected chi connectivity index (χ2v) is 5.63. The molecule has 24 heavy (non-hydrogen) atoms. The summed E-state index contributed by atoms with van der Waals surface area (Å²) in [5.74, 6) is 0.771. The van der Waals surface area contributed by atoms with Crippen LogP contribution in [0.5, 0.6) is 11.5 Å². The van der Waals surface area contributed by atoms with Crippen molar-refractivity contribution in [2.75, 3.05) is 12.1 Å². The molecule has 0 saturated heterocycles. The van der Waals surface area contributed by atoms with E-state index in [2.05, 4.69) is 5.32 Å². The summed E-state index contributed by atoms with van der Waals surface area (Å²) in [4.78, 5) is 12.3. The first kappa shape index (κ1) is 15.9. The van der Waals surface area contributed by atoms with Gasteiger partial charge in [0.2, 0.25) is 6.79 Å². The number of hydrogen-bond donors (Lipinski definition) is 1. The Morgan fingerprint density at radius 1 is 1.25 bits per heavy atom. The minimum Gasteiger partial charge on any atom is -0.454 e. The Bertz CT molecular complexity index is 867. The highest BCUT2D eigenvalue weighted by atomic mass is 35.5. The van der Waals surface area contributed by atoms with E-state index in [-0.39, 0.29) is 12.4 Å². The first-order chi connectivity index (χ1) is 11.6. The molecule has 120 valence electrons. The predicted molar refractivity (Wildman–Crippen MR) is 91.0 cm³/mol. The first-order valence-corrected chi connectivity index (χ1v) is 7.53. The third-order valence-corrected chi connectivity index (χ3v) is 3.78. The molecule has 5 nitrogen and oxygen atoms in total. The molecule has 2 aromatic rings. The zero-order chi connectivity index (χ0) is 17.1. The lowest BCUT2D eigenvalue weighted by Crippen LogP contribution is -2.13. The van der Waals surface area contributed by atoms with Crippen molar-refractivity contribution in [2.45, 2.75) is 6.92 Å². The number of nitrogens with one attached hydrogen (secondary N) is 1. The molecule has 1 heterocycles. The van der Waals surface area contributed by atoms with Crippen LogP contribution in [0.1, 0.15) is 11.1 Å². The Kier molecular flexibility index (Phi) is 4.41. The summed E-state index contributed by atoms with van der Waals surface area (Å²) in [6.07, 6.45) is 1.53. The predicted octanol–water partition coefficient (Wildman–Crippen LogP) is 3.92. The van der Waals surface area contributed by atoms with Gasteiger partial charge in [-0.1, -0.05) is 11.6 Å². The van der Waals surface area contributed by atoms with E-state index in [1.54, 1.807) is 30.3 Å². The number of fused-ring (bicyclic) bond motifs is 1. The van der Waals surface area contributed by atoms with E-state index in [0.717, 1.165) is 11.1 Å². The van der Waals surface area contributed by atoms with Crippen LogP contribution in [0.4, 0.5) is 5.69 Å². The number of hydrogen-bond acceptors (Lipinski definition) is 4. The smallest absolute Gasteiger partial charge is 0.266 e. The van der Waals surface area contributed by atoms with Gasteiger partial charge >= 0.3 is 0 Å². The van der Waals surface area contributed by atoms with Crippen molar-refractivity contribution in [3.05, 3.63) is 58.1 Å². The number of nitriles is 1. The molecule has 0 atom stereocenters. The molecule has 2 aromatic carbocycles. The summed E-state index contributed by atoms with van der Waals surface area (Å²) in [5, 5.41) is 12.5. The van der Waals surface area contributed by atoms with Crippen molar-refractivity contribution in [1.82, 2.24) is 0 Å². The van der Waals surface area contributed by atoms with Gasteiger partial charge in [0.25, 0.3) is 5.91 Å². The molecular formula is C18H13ClN2O3. The largest absolute Gasteiger partial charge is 0.454 e. The molecule has 0 radical (unpaired) electrons. The number of rotatable bonds is 3. The fourth-order valence-corrected chi connectivity index (χ4v) is 2.38. The van der Waals surface area contributed by atoms with Gasteiger partial charge in [0.1, 0.15) is 11.6 Å². The molecule has 3 rings (SSSR count). The van der Waals surface area contributed by atoms with E-state index in [1.165, 1.54) is 6.08 Å². The molecule has 0 aromatic heterocycles. The number of carbonyl (C=O) groups is 1. The van der Waals surface area contributed by atoms with E-state index in [4.69, 9.17) is 21.1 Å². The molecule has 1 amide bonds. The molecule has 0 aliphatic carbocycles. The third-order valence-electron chi connectivity index (χ3n) is 3.53. The lowest BCUT2D eigenvalue weighted by Gasteiger charge is -2.06. The van der Waals surface area contributed by atoms with Gasteiger partial charge < -0.3 is 14.8 Å². The summed E-state index contributed by atoms with van der Waals surface area (Å²) < 4.78 is 10.6. The van der Waals surface area contributed by atoms with E-state index in [0.29, 0.717) is 22.2 Å². The third kappa shape index (κ3) is 3.34. The zero-order valence-electron chi connectivity index (χ0n) is 12.8. The Hall–Kier alpha value is -2.97. The maximum Gasteiger partial charge on any atom is 0.266 e. The van der Waals surface area contributed by atoms with Gasteiger partial charge in [-0.2, -0.15) is 5.26 Å². The van der Waals surface area contributed by atoms with Gasteiger partial charge in [-0.3, -0.25) is 4.79 Å². The summed E-state index contributed by atoms with van der Waals surface area (Å²) in [5.41, 5.74) is 2.16. The zero-order valence-corrected chi connectivity index (χ0v) is 13.6. The first-order valence-electron chi connectivity index (χ1n) is 7.16. The highest BCUT2D eigenvalue weighted by Crippen LogP contribution is 2.35. The monoisotopic (exact) mass is 340 g/mol. The topological polar surface area (TPSA) is 71.4 Å². The number of carbonyl (C=O) groups excluding carboxylic acids is 1. The van der Waals surface area contributed by atoms with Crippen molar-refractivity contribution in [2.24, 2.45) is 0 Å². The van der Waals surface area contributed by atoms with Gasteiger partial charge in [-0.25, -0.2) is 0 Å². The maximum absolute atomic E-state index is 12.3. The number of amides is 1. The molecule has 0 bridgehead atoms. The minimum absolute atomic E-state index is 0.00749. The molecule has 0 spiro atoms. The molecule has 1 aliphatic rings. The van der Waals surface area contributed by atoms with Gasteiger partial charge in [0, 0.05) is 10.7 Å². The lowest BCUT2D eigenvalue weighted by atomic mass is 10.0. The van der Waals surface area contributed by atoms with E-state index < -0.39 is 5.91 Å². The molecule has 1 aliphatic heterocycles. The fourth-order valence-electron chi connectivity index (χ4n) is 2.25. The quantitative estimate of drug-likeness (QED) is 0.679. The van der Waals surface area contributed by atoms with E-state index >= 15 is 0 Å². The number of nitrogens with zero attached hydrogens (tertiary/aromatic N) is 1. The number of halogens is 1. The molecule has 0 saturated carbocycles. The van der Waals surface area contributed by atoms with E-state index in [9.17, 15) is 10.1 Å². The second-order valence-electron chi connectivity index (χ2n) is 5.19. The van der Waals surface area contributed by atoms with Crippen LogP contribution in [0, 0.1) is 18.3 Å². The fraction of sp³-hybridized carbons (Fsp3) is 0.111. The minimum atomic E-state index is -0.489. The lowest BCUT2D eigenvalue weighted by molar-refractivity contribution is -0.112. The number of benzene rings is 2. The van der Waals surface area contributed by atoms with Crippen molar-refractivity contribution < 1.29 is 14.3 Å². The van der Waals surface area contributed by atoms with Crippen molar-refractivity contribution in [1.29, 1.82) is 5.26 Å². The molecule has 0 fully saturated rings. The van der Waals surface area contributed by atoms with Crippen molar-refractivity contribution in [3.63, 3.8) is 0 Å². The van der Waals surface area contributed by atoms with Gasteiger partial charge in [0.15, 0.2) is 11.5 Å². The van der Waals surface area contributed by atoms with Crippen molar-refractivity contribution in [3.8, 4) is 17.6 Å². The van der Waals surface area contributed by atoms with Gasteiger partial charge in [-0.15, -0.1) is 0 Å².